The number of hydrogen-bond donors (Lipinski definition) is 1. The zero-order chi connectivity index (χ0) is 18.6. The van der Waals surface area contributed by atoms with Crippen LogP contribution in [0, 0.1) is 0 Å². The molecule has 1 aliphatic carbocycles. The van der Waals surface area contributed by atoms with Crippen LogP contribution in [0.2, 0.25) is 0 Å². The third-order valence-corrected chi connectivity index (χ3v) is 5.94. The smallest absolute Gasteiger partial charge is 0.236 e. The van der Waals surface area contributed by atoms with Gasteiger partial charge >= 0.3 is 0 Å². The van der Waals surface area contributed by atoms with Crippen LogP contribution in [-0.4, -0.2) is 31.0 Å². The number of rotatable bonds is 6. The Labute approximate surface area is 163 Å². The number of benzene rings is 1. The molecule has 0 saturated heterocycles. The van der Waals surface area contributed by atoms with Gasteiger partial charge in [0.1, 0.15) is 5.82 Å². The van der Waals surface area contributed by atoms with Crippen LogP contribution in [0.3, 0.4) is 0 Å². The predicted octanol–water partition coefficient (Wildman–Crippen LogP) is 3.99. The van der Waals surface area contributed by atoms with Crippen LogP contribution in [0.25, 0.3) is 5.69 Å². The fourth-order valence-corrected chi connectivity index (χ4v) is 4.21. The second-order valence-electron chi connectivity index (χ2n) is 6.84. The zero-order valence-electron chi connectivity index (χ0n) is 15.3. The molecular formula is C20H23N5OS. The lowest BCUT2D eigenvalue weighted by atomic mass is 10.0. The fourth-order valence-electron chi connectivity index (χ4n) is 3.48. The Hall–Kier alpha value is -2.54. The Morgan fingerprint density at radius 1 is 1.26 bits per heavy atom. The summed E-state index contributed by atoms with van der Waals surface area (Å²) in [6, 6.07) is 12.0. The van der Waals surface area contributed by atoms with Gasteiger partial charge in [-0.3, -0.25) is 4.79 Å². The van der Waals surface area contributed by atoms with Crippen molar-refractivity contribution >= 4 is 23.5 Å². The van der Waals surface area contributed by atoms with Crippen molar-refractivity contribution in [3.8, 4) is 5.69 Å². The average molecular weight is 382 g/mol. The molecule has 2 heterocycles. The molecule has 1 saturated carbocycles. The van der Waals surface area contributed by atoms with E-state index in [0.717, 1.165) is 22.4 Å². The number of imidazole rings is 1. The molecule has 0 aliphatic heterocycles. The van der Waals surface area contributed by atoms with Crippen LogP contribution in [0.1, 0.15) is 37.3 Å². The lowest BCUT2D eigenvalue weighted by Crippen LogP contribution is -2.17. The molecule has 0 bridgehead atoms. The largest absolute Gasteiger partial charge is 0.329 e. The normalized spacial score (nSPS) is 14.6. The number of para-hydroxylation sites is 1. The van der Waals surface area contributed by atoms with Crippen molar-refractivity contribution in [2.45, 2.75) is 36.8 Å². The number of thioether (sulfide) groups is 1. The van der Waals surface area contributed by atoms with E-state index in [2.05, 4.69) is 10.3 Å². The molecule has 0 radical (unpaired) electrons. The maximum absolute atomic E-state index is 12.5. The number of aromatic nitrogens is 4. The summed E-state index contributed by atoms with van der Waals surface area (Å²) in [5, 5.41) is 8.68. The summed E-state index contributed by atoms with van der Waals surface area (Å²) in [5.74, 6) is 1.47. The van der Waals surface area contributed by atoms with Gasteiger partial charge in [0.25, 0.3) is 0 Å². The number of nitrogens with zero attached hydrogens (tertiary/aromatic N) is 4. The summed E-state index contributed by atoms with van der Waals surface area (Å²) in [6.07, 6.45) is 8.47. The number of carbonyl (C=O) groups is 1. The Morgan fingerprint density at radius 2 is 2.04 bits per heavy atom. The highest BCUT2D eigenvalue weighted by molar-refractivity contribution is 7.99. The van der Waals surface area contributed by atoms with Crippen LogP contribution in [0.5, 0.6) is 0 Å². The van der Waals surface area contributed by atoms with E-state index in [4.69, 9.17) is 5.10 Å². The molecule has 1 fully saturated rings. The molecule has 0 atom stereocenters. The first kappa shape index (κ1) is 17.9. The molecule has 7 heteroatoms. The lowest BCUT2D eigenvalue weighted by molar-refractivity contribution is -0.113. The van der Waals surface area contributed by atoms with E-state index in [-0.39, 0.29) is 5.91 Å². The van der Waals surface area contributed by atoms with Gasteiger partial charge in [0.15, 0.2) is 5.16 Å². The Kier molecular flexibility index (Phi) is 5.29. The predicted molar refractivity (Wildman–Crippen MR) is 107 cm³/mol. The van der Waals surface area contributed by atoms with Crippen LogP contribution in [0.4, 0.5) is 5.82 Å². The van der Waals surface area contributed by atoms with Crippen molar-refractivity contribution in [2.75, 3.05) is 11.1 Å². The molecule has 4 rings (SSSR count). The third-order valence-electron chi connectivity index (χ3n) is 4.88. The fraction of sp³-hybridized carbons (Fsp3) is 0.350. The third kappa shape index (κ3) is 4.08. The van der Waals surface area contributed by atoms with Crippen molar-refractivity contribution in [1.82, 2.24) is 19.3 Å². The van der Waals surface area contributed by atoms with Gasteiger partial charge in [-0.1, -0.05) is 42.8 Å². The molecule has 1 aromatic carbocycles. The standard InChI is InChI=1S/C20H23N5OS/c1-24-12-11-21-20(24)27-14-19(26)22-18-13-17(15-7-5-6-8-15)23-25(18)16-9-3-2-4-10-16/h2-4,9-13,15H,5-8,14H2,1H3,(H,22,26). The van der Waals surface area contributed by atoms with Gasteiger partial charge < -0.3 is 9.88 Å². The van der Waals surface area contributed by atoms with Crippen molar-refractivity contribution in [1.29, 1.82) is 0 Å². The number of hydrogen-bond acceptors (Lipinski definition) is 4. The number of carbonyl (C=O) groups excluding carboxylic acids is 1. The first-order valence-corrected chi connectivity index (χ1v) is 10.2. The molecule has 140 valence electrons. The van der Waals surface area contributed by atoms with Crippen LogP contribution >= 0.6 is 11.8 Å². The van der Waals surface area contributed by atoms with E-state index in [1.165, 1.54) is 37.4 Å². The minimum Gasteiger partial charge on any atom is -0.329 e. The minimum atomic E-state index is -0.0574. The maximum Gasteiger partial charge on any atom is 0.236 e. The van der Waals surface area contributed by atoms with Crippen LogP contribution in [-0.2, 0) is 11.8 Å². The van der Waals surface area contributed by atoms with E-state index in [0.29, 0.717) is 11.7 Å². The van der Waals surface area contributed by atoms with Gasteiger partial charge in [-0.05, 0) is 25.0 Å². The number of nitrogens with one attached hydrogen (secondary N) is 1. The van der Waals surface area contributed by atoms with Crippen LogP contribution in [0.15, 0.2) is 53.9 Å². The van der Waals surface area contributed by atoms with Gasteiger partial charge in [-0.25, -0.2) is 9.67 Å². The van der Waals surface area contributed by atoms with Gasteiger partial charge in [-0.15, -0.1) is 0 Å². The van der Waals surface area contributed by atoms with E-state index in [1.54, 1.807) is 6.20 Å². The topological polar surface area (TPSA) is 64.7 Å². The maximum atomic E-state index is 12.5. The summed E-state index contributed by atoms with van der Waals surface area (Å²) >= 11 is 1.42. The number of anilines is 1. The molecule has 27 heavy (non-hydrogen) atoms. The second-order valence-corrected chi connectivity index (χ2v) is 7.78. The van der Waals surface area contributed by atoms with Crippen molar-refractivity contribution in [3.05, 3.63) is 54.5 Å². The minimum absolute atomic E-state index is 0.0574. The molecule has 0 unspecified atom stereocenters. The zero-order valence-corrected chi connectivity index (χ0v) is 16.2. The quantitative estimate of drug-likeness (QED) is 0.656. The Bertz CT molecular complexity index is 912. The summed E-state index contributed by atoms with van der Waals surface area (Å²) in [7, 11) is 1.92. The van der Waals surface area contributed by atoms with Crippen molar-refractivity contribution < 1.29 is 4.79 Å². The van der Waals surface area contributed by atoms with Gasteiger partial charge in [0, 0.05) is 31.4 Å². The van der Waals surface area contributed by atoms with E-state index in [9.17, 15) is 4.79 Å². The molecule has 1 N–H and O–H groups in total. The summed E-state index contributed by atoms with van der Waals surface area (Å²) in [5.41, 5.74) is 2.03. The first-order chi connectivity index (χ1) is 13.2. The highest BCUT2D eigenvalue weighted by Gasteiger charge is 2.22. The Balaban J connectivity index is 1.53. The molecule has 3 aromatic rings. The Morgan fingerprint density at radius 3 is 2.74 bits per heavy atom. The first-order valence-electron chi connectivity index (χ1n) is 9.26. The van der Waals surface area contributed by atoms with Crippen molar-refractivity contribution in [3.63, 3.8) is 0 Å². The van der Waals surface area contributed by atoms with Crippen LogP contribution < -0.4 is 5.32 Å². The second kappa shape index (κ2) is 8.00. The van der Waals surface area contributed by atoms with Gasteiger partial charge in [-0.2, -0.15) is 5.10 Å². The molecule has 2 aromatic heterocycles. The highest BCUT2D eigenvalue weighted by atomic mass is 32.2. The summed E-state index contributed by atoms with van der Waals surface area (Å²) in [4.78, 5) is 16.8. The van der Waals surface area contributed by atoms with E-state index < -0.39 is 0 Å². The SMILES string of the molecule is Cn1ccnc1SCC(=O)Nc1cc(C2CCCC2)nn1-c1ccccc1. The summed E-state index contributed by atoms with van der Waals surface area (Å²) < 4.78 is 3.75. The number of aryl methyl sites for hydroxylation is 1. The molecule has 0 spiro atoms. The average Bonchev–Trinajstić information content (AvgIpc) is 3.42. The van der Waals surface area contributed by atoms with Gasteiger partial charge in [0.05, 0.1) is 17.1 Å². The molecule has 1 amide bonds. The molecule has 1 aliphatic rings. The number of amides is 1. The van der Waals surface area contributed by atoms with E-state index in [1.807, 2.05) is 58.9 Å². The molecule has 6 nitrogen and oxygen atoms in total. The molecular weight excluding hydrogens is 358 g/mol. The van der Waals surface area contributed by atoms with E-state index >= 15 is 0 Å². The lowest BCUT2D eigenvalue weighted by Gasteiger charge is -2.08. The van der Waals surface area contributed by atoms with Gasteiger partial charge in [0.2, 0.25) is 5.91 Å². The monoisotopic (exact) mass is 381 g/mol. The van der Waals surface area contributed by atoms with Crippen molar-refractivity contribution in [2.24, 2.45) is 7.05 Å². The highest BCUT2D eigenvalue weighted by Crippen LogP contribution is 2.35. The summed E-state index contributed by atoms with van der Waals surface area (Å²) in [6.45, 7) is 0.